The molecule has 2 fully saturated rings. The fourth-order valence-corrected chi connectivity index (χ4v) is 3.58. The summed E-state index contributed by atoms with van der Waals surface area (Å²) in [5, 5.41) is 5.98. The third-order valence-corrected chi connectivity index (χ3v) is 5.82. The van der Waals surface area contributed by atoms with Gasteiger partial charge in [0.15, 0.2) is 0 Å². The van der Waals surface area contributed by atoms with Crippen molar-refractivity contribution in [3.05, 3.63) is 35.1 Å². The van der Waals surface area contributed by atoms with Gasteiger partial charge in [0.2, 0.25) is 5.91 Å². The highest BCUT2D eigenvalue weighted by Crippen LogP contribution is 2.44. The molecule has 1 saturated carbocycles. The molecule has 0 spiro atoms. The van der Waals surface area contributed by atoms with Gasteiger partial charge in [0.05, 0.1) is 0 Å². The van der Waals surface area contributed by atoms with Crippen molar-refractivity contribution in [2.45, 2.75) is 39.5 Å². The third kappa shape index (κ3) is 5.51. The summed E-state index contributed by atoms with van der Waals surface area (Å²) in [5.74, 6) is 0.0417. The van der Waals surface area contributed by atoms with Gasteiger partial charge in [0.25, 0.3) is 5.91 Å². The van der Waals surface area contributed by atoms with E-state index >= 15 is 0 Å². The number of nitrogens with zero attached hydrogens (tertiary/aromatic N) is 1. The van der Waals surface area contributed by atoms with E-state index in [0.717, 1.165) is 50.9 Å². The average molecular weight is 375 g/mol. The number of nitrogens with one attached hydrogen (secondary N) is 2. The van der Waals surface area contributed by atoms with Crippen molar-refractivity contribution < 1.29 is 14.0 Å². The van der Waals surface area contributed by atoms with E-state index in [-0.39, 0.29) is 23.0 Å². The Morgan fingerprint density at radius 3 is 2.52 bits per heavy atom. The molecule has 148 valence electrons. The molecule has 0 atom stereocenters. The molecule has 0 bridgehead atoms. The van der Waals surface area contributed by atoms with Crippen LogP contribution >= 0.6 is 0 Å². The van der Waals surface area contributed by atoms with E-state index in [1.165, 1.54) is 12.1 Å². The van der Waals surface area contributed by atoms with E-state index in [9.17, 15) is 14.0 Å². The number of hydrogen-bond donors (Lipinski definition) is 2. The number of rotatable bonds is 7. The lowest BCUT2D eigenvalue weighted by atomic mass is 9.96. The lowest BCUT2D eigenvalue weighted by molar-refractivity contribution is -0.125. The monoisotopic (exact) mass is 375 g/mol. The smallest absolute Gasteiger partial charge is 0.251 e. The van der Waals surface area contributed by atoms with Crippen molar-refractivity contribution >= 4 is 11.8 Å². The van der Waals surface area contributed by atoms with E-state index in [1.54, 1.807) is 13.0 Å². The quantitative estimate of drug-likeness (QED) is 0.770. The van der Waals surface area contributed by atoms with E-state index in [2.05, 4.69) is 15.5 Å². The molecule has 1 aliphatic heterocycles. The normalized spacial score (nSPS) is 19.5. The Morgan fingerprint density at radius 2 is 1.89 bits per heavy atom. The van der Waals surface area contributed by atoms with Crippen LogP contribution in [0.25, 0.3) is 0 Å². The van der Waals surface area contributed by atoms with Crippen LogP contribution in [0.2, 0.25) is 0 Å². The van der Waals surface area contributed by atoms with E-state index in [4.69, 9.17) is 0 Å². The highest BCUT2D eigenvalue weighted by Gasteiger charge is 2.44. The second-order valence-corrected chi connectivity index (χ2v) is 8.33. The summed E-state index contributed by atoms with van der Waals surface area (Å²) in [6.45, 7) is 7.96. The average Bonchev–Trinajstić information content (AvgIpc) is 3.39. The minimum Gasteiger partial charge on any atom is -0.354 e. The van der Waals surface area contributed by atoms with Gasteiger partial charge >= 0.3 is 0 Å². The van der Waals surface area contributed by atoms with Crippen LogP contribution in [0.4, 0.5) is 4.39 Å². The number of amides is 2. The molecule has 27 heavy (non-hydrogen) atoms. The van der Waals surface area contributed by atoms with Crippen LogP contribution in [0, 0.1) is 24.1 Å². The third-order valence-electron chi connectivity index (χ3n) is 5.82. The van der Waals surface area contributed by atoms with Gasteiger partial charge < -0.3 is 15.5 Å². The zero-order valence-electron chi connectivity index (χ0n) is 16.3. The lowest BCUT2D eigenvalue weighted by Gasteiger charge is -2.32. The Kier molecular flexibility index (Phi) is 6.15. The number of carbonyl (C=O) groups excluding carboxylic acids is 2. The highest BCUT2D eigenvalue weighted by atomic mass is 19.1. The molecule has 0 unspecified atom stereocenters. The largest absolute Gasteiger partial charge is 0.354 e. The zero-order chi connectivity index (χ0) is 19.4. The summed E-state index contributed by atoms with van der Waals surface area (Å²) in [4.78, 5) is 26.5. The summed E-state index contributed by atoms with van der Waals surface area (Å²) in [5.41, 5.74) is 1.02. The number of piperidine rings is 1. The van der Waals surface area contributed by atoms with E-state index in [0.29, 0.717) is 24.6 Å². The first kappa shape index (κ1) is 19.8. The maximum Gasteiger partial charge on any atom is 0.251 e. The molecule has 0 aromatic heterocycles. The van der Waals surface area contributed by atoms with Crippen LogP contribution in [0.5, 0.6) is 0 Å². The Labute approximate surface area is 160 Å². The first-order chi connectivity index (χ1) is 12.9. The standard InChI is InChI=1S/C21H30FN3O2/c1-15-11-17(13-18(22)12-15)19(26)24-14-16-3-8-25(9-4-16)10-7-23-20(27)21(2)5-6-21/h11-13,16H,3-10,14H2,1-2H3,(H,23,27)(H,24,26). The van der Waals surface area contributed by atoms with Crippen LogP contribution in [0.1, 0.15) is 48.5 Å². The van der Waals surface area contributed by atoms with Gasteiger partial charge in [-0.1, -0.05) is 6.92 Å². The molecule has 1 aromatic carbocycles. The van der Waals surface area contributed by atoms with Gasteiger partial charge in [-0.15, -0.1) is 0 Å². The van der Waals surface area contributed by atoms with Gasteiger partial charge in [-0.3, -0.25) is 9.59 Å². The van der Waals surface area contributed by atoms with Crippen molar-refractivity contribution in [3.63, 3.8) is 0 Å². The summed E-state index contributed by atoms with van der Waals surface area (Å²) in [7, 11) is 0. The number of carbonyl (C=O) groups is 2. The molecule has 2 aliphatic rings. The summed E-state index contributed by atoms with van der Waals surface area (Å²) >= 11 is 0. The second kappa shape index (κ2) is 8.38. The second-order valence-electron chi connectivity index (χ2n) is 8.33. The lowest BCUT2D eigenvalue weighted by Crippen LogP contribution is -2.42. The number of halogens is 1. The number of hydrogen-bond acceptors (Lipinski definition) is 3. The minimum atomic E-state index is -0.378. The van der Waals surface area contributed by atoms with E-state index in [1.807, 2.05) is 6.92 Å². The van der Waals surface area contributed by atoms with Crippen molar-refractivity contribution in [3.8, 4) is 0 Å². The Bertz CT molecular complexity index is 674. The van der Waals surface area contributed by atoms with Crippen LogP contribution < -0.4 is 10.6 Å². The Hall–Kier alpha value is -1.95. The highest BCUT2D eigenvalue weighted by molar-refractivity contribution is 5.94. The summed E-state index contributed by atoms with van der Waals surface area (Å²) in [6, 6.07) is 4.40. The molecular formula is C21H30FN3O2. The van der Waals surface area contributed by atoms with Crippen molar-refractivity contribution in [2.24, 2.45) is 11.3 Å². The maximum atomic E-state index is 13.4. The van der Waals surface area contributed by atoms with E-state index < -0.39 is 0 Å². The van der Waals surface area contributed by atoms with Crippen LogP contribution in [0.15, 0.2) is 18.2 Å². The molecular weight excluding hydrogens is 345 g/mol. The molecule has 3 rings (SSSR count). The molecule has 1 saturated heterocycles. The first-order valence-corrected chi connectivity index (χ1v) is 9.92. The molecule has 1 aromatic rings. The SMILES string of the molecule is Cc1cc(F)cc(C(=O)NCC2CCN(CCNC(=O)C3(C)CC3)CC2)c1. The molecule has 2 amide bonds. The van der Waals surface area contributed by atoms with Crippen molar-refractivity contribution in [1.82, 2.24) is 15.5 Å². The van der Waals surface area contributed by atoms with Crippen LogP contribution in [0.3, 0.4) is 0 Å². The Morgan fingerprint density at radius 1 is 1.19 bits per heavy atom. The van der Waals surface area contributed by atoms with Crippen LogP contribution in [-0.2, 0) is 4.79 Å². The summed E-state index contributed by atoms with van der Waals surface area (Å²) < 4.78 is 13.4. The number of aryl methyl sites for hydroxylation is 1. The van der Waals surface area contributed by atoms with Gasteiger partial charge in [-0.2, -0.15) is 0 Å². The molecule has 1 heterocycles. The summed E-state index contributed by atoms with van der Waals surface area (Å²) in [6.07, 6.45) is 4.05. The fourth-order valence-electron chi connectivity index (χ4n) is 3.58. The van der Waals surface area contributed by atoms with Crippen LogP contribution in [-0.4, -0.2) is 49.4 Å². The maximum absolute atomic E-state index is 13.4. The van der Waals surface area contributed by atoms with Gasteiger partial charge in [0.1, 0.15) is 5.82 Å². The molecule has 0 radical (unpaired) electrons. The van der Waals surface area contributed by atoms with Gasteiger partial charge in [-0.05, 0) is 75.4 Å². The molecule has 1 aliphatic carbocycles. The predicted molar refractivity (Wildman–Crippen MR) is 103 cm³/mol. The van der Waals surface area contributed by atoms with Crippen molar-refractivity contribution in [1.29, 1.82) is 0 Å². The number of likely N-dealkylation sites (tertiary alicyclic amines) is 1. The predicted octanol–water partition coefficient (Wildman–Crippen LogP) is 2.49. The first-order valence-electron chi connectivity index (χ1n) is 9.92. The zero-order valence-corrected chi connectivity index (χ0v) is 16.3. The number of benzene rings is 1. The fraction of sp³-hybridized carbons (Fsp3) is 0.619. The van der Waals surface area contributed by atoms with Crippen molar-refractivity contribution in [2.75, 3.05) is 32.7 Å². The Balaban J connectivity index is 1.33. The van der Waals surface area contributed by atoms with Gasteiger partial charge in [-0.25, -0.2) is 4.39 Å². The minimum absolute atomic E-state index is 0.106. The molecule has 2 N–H and O–H groups in total. The topological polar surface area (TPSA) is 61.4 Å². The molecule has 5 nitrogen and oxygen atoms in total. The van der Waals surface area contributed by atoms with Gasteiger partial charge in [0, 0.05) is 30.6 Å². The molecule has 6 heteroatoms.